The molecule has 0 aliphatic carbocycles. The molecule has 0 spiro atoms. The summed E-state index contributed by atoms with van der Waals surface area (Å²) in [5.41, 5.74) is 3.51. The lowest BCUT2D eigenvalue weighted by Crippen LogP contribution is -2.30. The van der Waals surface area contributed by atoms with Gasteiger partial charge in [0, 0.05) is 35.8 Å². The van der Waals surface area contributed by atoms with Crippen LogP contribution in [-0.2, 0) is 4.79 Å². The van der Waals surface area contributed by atoms with Gasteiger partial charge in [-0.2, -0.15) is 0 Å². The predicted octanol–water partition coefficient (Wildman–Crippen LogP) is 3.08. The molecule has 2 aromatic rings. The summed E-state index contributed by atoms with van der Waals surface area (Å²) in [5, 5.41) is 13.4. The third-order valence-electron chi connectivity index (χ3n) is 4.36. The molecule has 1 aliphatic rings. The Morgan fingerprint density at radius 3 is 2.48 bits per heavy atom. The van der Waals surface area contributed by atoms with E-state index in [1.54, 1.807) is 18.2 Å². The van der Waals surface area contributed by atoms with Gasteiger partial charge in [0.05, 0.1) is 4.92 Å². The first-order chi connectivity index (χ1) is 12.8. The lowest BCUT2D eigenvalue weighted by Gasteiger charge is -2.09. The Bertz CT molecular complexity index is 986. The van der Waals surface area contributed by atoms with Gasteiger partial charge in [-0.05, 0) is 43.7 Å². The second kappa shape index (κ2) is 6.91. The van der Waals surface area contributed by atoms with E-state index in [1.807, 2.05) is 24.5 Å². The normalized spacial score (nSPS) is 15.3. The monoisotopic (exact) mass is 366 g/mol. The number of nitro groups is 1. The van der Waals surface area contributed by atoms with E-state index in [0.29, 0.717) is 0 Å². The molecule has 1 N–H and O–H groups in total. The van der Waals surface area contributed by atoms with Gasteiger partial charge >= 0.3 is 6.03 Å². The fourth-order valence-electron chi connectivity index (χ4n) is 3.08. The molecule has 138 valence electrons. The fourth-order valence-corrected chi connectivity index (χ4v) is 3.08. The summed E-state index contributed by atoms with van der Waals surface area (Å²) in [6.07, 6.45) is 3.12. The van der Waals surface area contributed by atoms with Gasteiger partial charge in [0.1, 0.15) is 5.70 Å². The number of hydrogen-bond acceptors (Lipinski definition) is 4. The SMILES string of the molecule is C=CCN1C(=O)N/C(=C\c2cc(C)n(-c3ccc([N+](=O)[O-])cc3)c2C)C1=O. The molecule has 8 nitrogen and oxygen atoms in total. The van der Waals surface area contributed by atoms with Crippen LogP contribution in [0.3, 0.4) is 0 Å². The summed E-state index contributed by atoms with van der Waals surface area (Å²) in [4.78, 5) is 35.7. The van der Waals surface area contributed by atoms with Crippen LogP contribution in [0.15, 0.2) is 48.7 Å². The summed E-state index contributed by atoms with van der Waals surface area (Å²) in [6.45, 7) is 7.46. The first-order valence-electron chi connectivity index (χ1n) is 8.22. The minimum Gasteiger partial charge on any atom is -0.318 e. The molecule has 0 unspecified atom stereocenters. The van der Waals surface area contributed by atoms with Crippen LogP contribution in [0.1, 0.15) is 17.0 Å². The van der Waals surface area contributed by atoms with E-state index in [1.165, 1.54) is 18.2 Å². The quantitative estimate of drug-likeness (QED) is 0.289. The highest BCUT2D eigenvalue weighted by atomic mass is 16.6. The number of aromatic nitrogens is 1. The van der Waals surface area contributed by atoms with Crippen LogP contribution >= 0.6 is 0 Å². The van der Waals surface area contributed by atoms with Gasteiger partial charge < -0.3 is 9.88 Å². The zero-order valence-electron chi connectivity index (χ0n) is 14.9. The van der Waals surface area contributed by atoms with Gasteiger partial charge in [-0.3, -0.25) is 19.8 Å². The van der Waals surface area contributed by atoms with E-state index < -0.39 is 16.9 Å². The number of carbonyl (C=O) groups is 2. The number of aryl methyl sites for hydroxylation is 1. The Labute approximate surface area is 155 Å². The molecule has 0 saturated carbocycles. The molecule has 27 heavy (non-hydrogen) atoms. The zero-order chi connectivity index (χ0) is 19.7. The van der Waals surface area contributed by atoms with Crippen molar-refractivity contribution in [3.63, 3.8) is 0 Å². The highest BCUT2D eigenvalue weighted by Crippen LogP contribution is 2.25. The van der Waals surface area contributed by atoms with Crippen molar-refractivity contribution in [3.8, 4) is 5.69 Å². The second-order valence-electron chi connectivity index (χ2n) is 6.13. The van der Waals surface area contributed by atoms with Crippen LogP contribution in [0.5, 0.6) is 0 Å². The van der Waals surface area contributed by atoms with Gasteiger partial charge in [0.25, 0.3) is 11.6 Å². The van der Waals surface area contributed by atoms with Crippen molar-refractivity contribution in [3.05, 3.63) is 75.7 Å². The molecule has 0 atom stereocenters. The maximum atomic E-state index is 12.3. The Kier molecular flexibility index (Phi) is 4.64. The number of carbonyl (C=O) groups excluding carboxylic acids is 2. The van der Waals surface area contributed by atoms with Gasteiger partial charge in [-0.1, -0.05) is 6.08 Å². The first-order valence-corrected chi connectivity index (χ1v) is 8.22. The van der Waals surface area contributed by atoms with Crippen molar-refractivity contribution in [1.82, 2.24) is 14.8 Å². The van der Waals surface area contributed by atoms with Crippen molar-refractivity contribution >= 4 is 23.7 Å². The Morgan fingerprint density at radius 2 is 1.89 bits per heavy atom. The summed E-state index contributed by atoms with van der Waals surface area (Å²) < 4.78 is 1.93. The lowest BCUT2D eigenvalue weighted by molar-refractivity contribution is -0.384. The van der Waals surface area contributed by atoms with Crippen LogP contribution in [0.4, 0.5) is 10.5 Å². The van der Waals surface area contributed by atoms with Crippen LogP contribution in [0, 0.1) is 24.0 Å². The summed E-state index contributed by atoms with van der Waals surface area (Å²) in [5.74, 6) is -0.403. The topological polar surface area (TPSA) is 97.5 Å². The molecule has 1 saturated heterocycles. The minimum atomic E-state index is -0.477. The fraction of sp³-hybridized carbons (Fsp3) is 0.158. The maximum Gasteiger partial charge on any atom is 0.329 e. The standard InChI is InChI=1S/C19H18N4O4/c1-4-9-21-18(24)17(20-19(21)25)11-14-10-12(2)22(13(14)3)15-5-7-16(8-6-15)23(26)27/h4-8,10-11H,1,9H2,2-3H3,(H,20,25)/b17-11-. The second-order valence-corrected chi connectivity index (χ2v) is 6.13. The average Bonchev–Trinajstić information content (AvgIpc) is 3.05. The average molecular weight is 366 g/mol. The summed E-state index contributed by atoms with van der Waals surface area (Å²) >= 11 is 0. The highest BCUT2D eigenvalue weighted by molar-refractivity contribution is 6.14. The van der Waals surface area contributed by atoms with Crippen LogP contribution in [0.2, 0.25) is 0 Å². The van der Waals surface area contributed by atoms with Crippen molar-refractivity contribution in [1.29, 1.82) is 0 Å². The number of non-ortho nitro benzene ring substituents is 1. The largest absolute Gasteiger partial charge is 0.329 e. The van der Waals surface area contributed by atoms with Crippen LogP contribution in [0.25, 0.3) is 11.8 Å². The van der Waals surface area contributed by atoms with E-state index in [0.717, 1.165) is 27.5 Å². The molecular formula is C19H18N4O4. The van der Waals surface area contributed by atoms with E-state index >= 15 is 0 Å². The number of hydrogen-bond donors (Lipinski definition) is 1. The molecule has 0 radical (unpaired) electrons. The van der Waals surface area contributed by atoms with E-state index in [-0.39, 0.29) is 17.9 Å². The third kappa shape index (κ3) is 3.24. The molecule has 1 aromatic carbocycles. The zero-order valence-corrected chi connectivity index (χ0v) is 14.9. The molecule has 3 rings (SSSR count). The van der Waals surface area contributed by atoms with E-state index in [4.69, 9.17) is 0 Å². The molecule has 1 aromatic heterocycles. The van der Waals surface area contributed by atoms with Crippen molar-refractivity contribution in [2.45, 2.75) is 13.8 Å². The number of benzene rings is 1. The van der Waals surface area contributed by atoms with E-state index in [2.05, 4.69) is 11.9 Å². The lowest BCUT2D eigenvalue weighted by atomic mass is 10.2. The van der Waals surface area contributed by atoms with Gasteiger partial charge in [-0.15, -0.1) is 6.58 Å². The molecule has 3 amide bonds. The minimum absolute atomic E-state index is 0.0186. The van der Waals surface area contributed by atoms with Crippen molar-refractivity contribution in [2.75, 3.05) is 6.54 Å². The first kappa shape index (κ1) is 18.1. The summed E-state index contributed by atoms with van der Waals surface area (Å²) in [7, 11) is 0. The maximum absolute atomic E-state index is 12.3. The predicted molar refractivity (Wildman–Crippen MR) is 100 cm³/mol. The van der Waals surface area contributed by atoms with Gasteiger partial charge in [0.15, 0.2) is 0 Å². The molecule has 0 bridgehead atoms. The number of amides is 3. The van der Waals surface area contributed by atoms with Crippen LogP contribution < -0.4 is 5.32 Å². The molecular weight excluding hydrogens is 348 g/mol. The van der Waals surface area contributed by atoms with Crippen molar-refractivity contribution < 1.29 is 14.5 Å². The number of nitrogens with zero attached hydrogens (tertiary/aromatic N) is 3. The Hall–Kier alpha value is -3.68. The van der Waals surface area contributed by atoms with E-state index in [9.17, 15) is 19.7 Å². The Balaban J connectivity index is 1.97. The van der Waals surface area contributed by atoms with Crippen molar-refractivity contribution in [2.24, 2.45) is 0 Å². The van der Waals surface area contributed by atoms with Crippen LogP contribution in [-0.4, -0.2) is 32.9 Å². The number of imide groups is 1. The molecule has 8 heteroatoms. The Morgan fingerprint density at radius 1 is 1.22 bits per heavy atom. The van der Waals surface area contributed by atoms with Gasteiger partial charge in [-0.25, -0.2) is 4.79 Å². The molecule has 2 heterocycles. The highest BCUT2D eigenvalue weighted by Gasteiger charge is 2.32. The molecule has 1 aliphatic heterocycles. The number of urea groups is 1. The number of nitrogens with one attached hydrogen (secondary N) is 1. The number of rotatable bonds is 5. The van der Waals surface area contributed by atoms with Gasteiger partial charge in [0.2, 0.25) is 0 Å². The summed E-state index contributed by atoms with van der Waals surface area (Å²) in [6, 6.07) is 7.64. The third-order valence-corrected chi connectivity index (χ3v) is 4.36. The molecule has 1 fully saturated rings. The smallest absolute Gasteiger partial charge is 0.318 e. The number of nitro benzene ring substituents is 1.